The molecule has 190 valence electrons. The van der Waals surface area contributed by atoms with E-state index < -0.39 is 21.5 Å². The Morgan fingerprint density at radius 3 is 2.06 bits per heavy atom. The van der Waals surface area contributed by atoms with Crippen LogP contribution in [0.15, 0.2) is 64.6 Å². The van der Waals surface area contributed by atoms with Gasteiger partial charge in [-0.05, 0) is 71.6 Å². The molecule has 1 fully saturated rings. The Balaban J connectivity index is 1.74. The van der Waals surface area contributed by atoms with Crippen LogP contribution in [0.25, 0.3) is 0 Å². The van der Waals surface area contributed by atoms with Crippen molar-refractivity contribution in [1.29, 1.82) is 0 Å². The van der Waals surface area contributed by atoms with E-state index in [1.807, 2.05) is 49.4 Å². The zero-order valence-electron chi connectivity index (χ0n) is 22.1. The van der Waals surface area contributed by atoms with Crippen LogP contribution >= 0.6 is 0 Å². The molecule has 1 saturated heterocycles. The fourth-order valence-corrected chi connectivity index (χ4v) is 7.08. The first-order valence-electron chi connectivity index (χ1n) is 12.5. The number of hydroxylamine groups is 2. The molecule has 7 heteroatoms. The van der Waals surface area contributed by atoms with Crippen molar-refractivity contribution in [1.82, 2.24) is 9.48 Å². The fourth-order valence-electron chi connectivity index (χ4n) is 5.54. The zero-order chi connectivity index (χ0) is 25.6. The number of rotatable bonds is 6. The number of hydrogen-bond donors (Lipinski definition) is 0. The van der Waals surface area contributed by atoms with Gasteiger partial charge in [0.25, 0.3) is 10.0 Å². The van der Waals surface area contributed by atoms with Gasteiger partial charge in [-0.2, -0.15) is 23.0 Å². The molecule has 0 aromatic heterocycles. The number of piperidine rings is 1. The van der Waals surface area contributed by atoms with E-state index in [2.05, 4.69) is 46.6 Å². The third-order valence-electron chi connectivity index (χ3n) is 7.56. The lowest BCUT2D eigenvalue weighted by Crippen LogP contribution is -2.59. The summed E-state index contributed by atoms with van der Waals surface area (Å²) in [5.74, 6) is 0. The first kappa shape index (κ1) is 25.9. The second-order valence-electron chi connectivity index (χ2n) is 11.7. The van der Waals surface area contributed by atoms with Crippen LogP contribution in [0.5, 0.6) is 0 Å². The summed E-state index contributed by atoms with van der Waals surface area (Å²) < 4.78 is 29.0. The Morgan fingerprint density at radius 1 is 0.914 bits per heavy atom. The topological polar surface area (TPSA) is 62.2 Å². The highest BCUT2D eigenvalue weighted by Crippen LogP contribution is 2.42. The largest absolute Gasteiger partial charge is 0.296 e. The molecule has 2 aromatic carbocycles. The molecule has 35 heavy (non-hydrogen) atoms. The van der Waals surface area contributed by atoms with Gasteiger partial charge in [0.05, 0.1) is 17.2 Å². The molecular formula is C28H39N3O3S. The van der Waals surface area contributed by atoms with Crippen LogP contribution in [0.2, 0.25) is 0 Å². The van der Waals surface area contributed by atoms with E-state index in [0.29, 0.717) is 0 Å². The third kappa shape index (κ3) is 4.78. The smallest absolute Gasteiger partial charge is 0.279 e. The molecule has 1 unspecified atom stereocenters. The van der Waals surface area contributed by atoms with Gasteiger partial charge in [-0.25, -0.2) is 0 Å². The molecular weight excluding hydrogens is 458 g/mol. The zero-order valence-corrected chi connectivity index (χ0v) is 22.9. The van der Waals surface area contributed by atoms with Crippen LogP contribution in [0.1, 0.15) is 71.9 Å². The Kier molecular flexibility index (Phi) is 6.66. The van der Waals surface area contributed by atoms with Crippen molar-refractivity contribution in [3.63, 3.8) is 0 Å². The quantitative estimate of drug-likeness (QED) is 0.508. The van der Waals surface area contributed by atoms with Crippen LogP contribution < -0.4 is 0 Å². The molecule has 6 nitrogen and oxygen atoms in total. The highest BCUT2D eigenvalue weighted by atomic mass is 32.2. The second-order valence-corrected chi connectivity index (χ2v) is 13.5. The molecule has 0 radical (unpaired) electrons. The number of hydrogen-bond acceptors (Lipinski definition) is 5. The van der Waals surface area contributed by atoms with Gasteiger partial charge < -0.3 is 0 Å². The molecule has 1 atom stereocenters. The normalized spacial score (nSPS) is 23.8. The van der Waals surface area contributed by atoms with Crippen LogP contribution in [-0.2, 0) is 14.9 Å². The molecule has 0 spiro atoms. The van der Waals surface area contributed by atoms with Crippen LogP contribution in [0.3, 0.4) is 0 Å². The molecule has 0 N–H and O–H groups in total. The Bertz CT molecular complexity index is 1170. The first-order valence-corrected chi connectivity index (χ1v) is 13.9. The monoisotopic (exact) mass is 497 g/mol. The third-order valence-corrected chi connectivity index (χ3v) is 9.26. The molecule has 4 rings (SSSR count). The van der Waals surface area contributed by atoms with Crippen molar-refractivity contribution in [2.75, 3.05) is 6.61 Å². The number of nitrogens with zero attached hydrogens (tertiary/aromatic N) is 3. The predicted molar refractivity (Wildman–Crippen MR) is 141 cm³/mol. The Hall–Kier alpha value is -2.22. The highest BCUT2D eigenvalue weighted by Gasteiger charge is 2.51. The molecule has 2 heterocycles. The maximum Gasteiger partial charge on any atom is 0.279 e. The number of sulfonamides is 1. The van der Waals surface area contributed by atoms with E-state index in [1.165, 1.54) is 4.41 Å². The summed E-state index contributed by atoms with van der Waals surface area (Å²) in [4.78, 5) is 6.79. The summed E-state index contributed by atoms with van der Waals surface area (Å²) in [6, 6.07) is 16.3. The first-order chi connectivity index (χ1) is 16.3. The van der Waals surface area contributed by atoms with Gasteiger partial charge in [-0.1, -0.05) is 61.9 Å². The summed E-state index contributed by atoms with van der Waals surface area (Å²) in [6.07, 6.45) is 3.20. The molecule has 0 bridgehead atoms. The Labute approximate surface area is 211 Å². The lowest BCUT2D eigenvalue weighted by Gasteiger charge is -2.52. The number of aryl methyl sites for hydroxylation is 1. The summed E-state index contributed by atoms with van der Waals surface area (Å²) in [7, 11) is -3.88. The summed E-state index contributed by atoms with van der Waals surface area (Å²) in [5.41, 5.74) is 1.82. The van der Waals surface area contributed by atoms with Gasteiger partial charge in [-0.3, -0.25) is 4.84 Å². The van der Waals surface area contributed by atoms with Crippen molar-refractivity contribution < 1.29 is 13.3 Å². The van der Waals surface area contributed by atoms with E-state index in [9.17, 15) is 8.42 Å². The SMILES string of the molecule is Cc1ccc(S(=O)(=O)N2N=C(c3ccccc3)C(C)(C)C2CON2C(C)(C)CCCC2(C)C)cc1. The van der Waals surface area contributed by atoms with E-state index in [0.717, 1.165) is 36.1 Å². The van der Waals surface area contributed by atoms with E-state index in [1.54, 1.807) is 12.1 Å². The minimum atomic E-state index is -3.88. The Morgan fingerprint density at radius 2 is 1.49 bits per heavy atom. The van der Waals surface area contributed by atoms with Gasteiger partial charge in [0, 0.05) is 16.5 Å². The van der Waals surface area contributed by atoms with Gasteiger partial charge in [0.15, 0.2) is 0 Å². The standard InChI is InChI=1S/C28H39N3O3S/c1-21-14-16-23(17-15-21)35(32,33)30-24(20-34-31-26(2,3)18-11-19-27(31,4)5)28(6,7)25(29-30)22-12-9-8-10-13-22/h8-10,12-17,24H,11,18-20H2,1-7H3. The predicted octanol–water partition coefficient (Wildman–Crippen LogP) is 5.77. The molecule has 2 aromatic rings. The van der Waals surface area contributed by atoms with Crippen molar-refractivity contribution in [3.05, 3.63) is 65.7 Å². The van der Waals surface area contributed by atoms with E-state index in [4.69, 9.17) is 9.94 Å². The number of benzene rings is 2. The maximum atomic E-state index is 13.9. The van der Waals surface area contributed by atoms with Gasteiger partial charge in [0.2, 0.25) is 0 Å². The van der Waals surface area contributed by atoms with Crippen molar-refractivity contribution in [2.45, 2.75) is 89.7 Å². The lowest BCUT2D eigenvalue weighted by molar-refractivity contribution is -0.286. The van der Waals surface area contributed by atoms with Crippen LogP contribution in [0, 0.1) is 12.3 Å². The van der Waals surface area contributed by atoms with Crippen LogP contribution in [-0.4, -0.2) is 47.3 Å². The molecule has 0 saturated carbocycles. The molecule has 0 aliphatic carbocycles. The molecule has 2 aliphatic rings. The molecule has 0 amide bonds. The van der Waals surface area contributed by atoms with Crippen molar-refractivity contribution in [3.8, 4) is 0 Å². The second kappa shape index (κ2) is 9.02. The van der Waals surface area contributed by atoms with E-state index >= 15 is 0 Å². The minimum Gasteiger partial charge on any atom is -0.296 e. The average Bonchev–Trinajstić information content (AvgIpc) is 3.04. The van der Waals surface area contributed by atoms with Gasteiger partial charge >= 0.3 is 0 Å². The van der Waals surface area contributed by atoms with Crippen molar-refractivity contribution >= 4 is 15.7 Å². The molecule has 2 aliphatic heterocycles. The highest BCUT2D eigenvalue weighted by molar-refractivity contribution is 7.89. The van der Waals surface area contributed by atoms with Crippen LogP contribution in [0.4, 0.5) is 0 Å². The summed E-state index contributed by atoms with van der Waals surface area (Å²) >= 11 is 0. The van der Waals surface area contributed by atoms with Gasteiger partial charge in [-0.15, -0.1) is 0 Å². The lowest BCUT2D eigenvalue weighted by atomic mass is 9.78. The fraction of sp³-hybridized carbons (Fsp3) is 0.536. The average molecular weight is 498 g/mol. The van der Waals surface area contributed by atoms with Gasteiger partial charge in [0.1, 0.15) is 6.04 Å². The number of hydrazone groups is 1. The summed E-state index contributed by atoms with van der Waals surface area (Å²) in [5, 5.41) is 6.86. The van der Waals surface area contributed by atoms with E-state index in [-0.39, 0.29) is 22.6 Å². The van der Waals surface area contributed by atoms with Crippen molar-refractivity contribution in [2.24, 2.45) is 10.5 Å². The maximum absolute atomic E-state index is 13.9. The minimum absolute atomic E-state index is 0.145. The summed E-state index contributed by atoms with van der Waals surface area (Å²) in [6.45, 7) is 15.1.